The number of Topliss-reactive ketones (excluding diaryl/α,β-unsaturated/α-hetero) is 1. The Kier molecular flexibility index (Phi) is 126. The van der Waals surface area contributed by atoms with Gasteiger partial charge in [0.1, 0.15) is 84.1 Å². The number of alkyl carbamates (subject to hydrolysis) is 2. The zero-order valence-electron chi connectivity index (χ0n) is 82.1. The number of carbonyl (C=O) groups is 12. The van der Waals surface area contributed by atoms with E-state index in [1.165, 1.54) is 118 Å². The number of benzene rings is 3. The second kappa shape index (κ2) is 104. The van der Waals surface area contributed by atoms with Gasteiger partial charge in [-0.1, -0.05) is 203 Å². The third-order valence-electron chi connectivity index (χ3n) is 17.0. The van der Waals surface area contributed by atoms with Crippen molar-refractivity contribution in [3.05, 3.63) is 132 Å². The molecule has 3 aromatic rings. The molecule has 0 heterocycles. The molecule has 47 nitrogen and oxygen atoms in total. The van der Waals surface area contributed by atoms with Gasteiger partial charge in [0, 0.05) is 163 Å². The monoisotopic (exact) mass is 2210 g/mol. The molecule has 892 valence electrons. The Morgan fingerprint density at radius 2 is 0.787 bits per heavy atom. The fourth-order valence-electron chi connectivity index (χ4n) is 9.87. The minimum Gasteiger partial charge on any atom is -0.445 e. The van der Waals surface area contributed by atoms with Crippen LogP contribution in [0.15, 0.2) is 89.8 Å². The van der Waals surface area contributed by atoms with Crippen molar-refractivity contribution >= 4 is 82.4 Å². The molecule has 54 heteroatoms. The van der Waals surface area contributed by atoms with Gasteiger partial charge < -0.3 is 121 Å². The summed E-state index contributed by atoms with van der Waals surface area (Å²) in [5.74, 6) is -2.03. The van der Waals surface area contributed by atoms with Crippen molar-refractivity contribution in [1.82, 2.24) is 80.5 Å². The lowest BCUT2D eigenvalue weighted by molar-refractivity contribution is -0.534. The van der Waals surface area contributed by atoms with E-state index < -0.39 is 174 Å². The molecule has 0 radical (unpaired) electrons. The fraction of sp³-hybridized carbons (Fsp3) is 0.688. The number of aliphatic hydroxyl groups excluding tert-OH is 4. The molecule has 0 aliphatic heterocycles. The molecule has 9 atom stereocenters. The summed E-state index contributed by atoms with van der Waals surface area (Å²) >= 11 is 0. The summed E-state index contributed by atoms with van der Waals surface area (Å²) in [7, 11) is 24.1. The normalized spacial score (nSPS) is 11.1. The van der Waals surface area contributed by atoms with E-state index in [9.17, 15) is 123 Å². The van der Waals surface area contributed by atoms with Crippen LogP contribution in [0.5, 0.6) is 0 Å². The van der Waals surface area contributed by atoms with Gasteiger partial charge in [0.15, 0.2) is 18.2 Å². The Balaban J connectivity index is -0.0000000745. The van der Waals surface area contributed by atoms with Crippen molar-refractivity contribution in [1.29, 1.82) is 0 Å². The molecular weight excluding hydrogens is 2010 g/mol. The third-order valence-corrected chi connectivity index (χ3v) is 18.3. The van der Waals surface area contributed by atoms with Crippen LogP contribution < -0.4 is 32.3 Å². The van der Waals surface area contributed by atoms with Gasteiger partial charge in [0.25, 0.3) is 16.2 Å². The van der Waals surface area contributed by atoms with Crippen LogP contribution in [0.25, 0.3) is 0 Å². The Hall–Kier alpha value is -12.4. The molecule has 11 N–H and O–H groups in total. The van der Waals surface area contributed by atoms with Gasteiger partial charge in [-0.3, -0.25) is 48.9 Å². The van der Waals surface area contributed by atoms with Gasteiger partial charge in [-0.2, -0.15) is 8.42 Å². The van der Waals surface area contributed by atoms with Crippen LogP contribution in [0.1, 0.15) is 155 Å². The molecule has 0 bridgehead atoms. The van der Waals surface area contributed by atoms with Gasteiger partial charge in [-0.05, 0) is 54.9 Å². The summed E-state index contributed by atoms with van der Waals surface area (Å²) in [5, 5.41) is 78.7. The summed E-state index contributed by atoms with van der Waals surface area (Å²) in [4.78, 5) is 182. The lowest BCUT2D eigenvalue weighted by atomic mass is 10.0. The highest BCUT2D eigenvalue weighted by Gasteiger charge is 2.35. The number of ketones is 1. The van der Waals surface area contributed by atoms with Gasteiger partial charge in [-0.15, -0.1) is 0 Å². The van der Waals surface area contributed by atoms with E-state index in [0.29, 0.717) is 6.42 Å². The van der Waals surface area contributed by atoms with E-state index in [1.807, 2.05) is 71.0 Å². The maximum absolute atomic E-state index is 13.2. The molecule has 0 saturated heterocycles. The number of amides is 16. The van der Waals surface area contributed by atoms with Crippen LogP contribution >= 0.6 is 0 Å². The number of carbonyl (C=O) groups excluding carboxylic acids is 12. The molecule has 0 aliphatic rings. The van der Waals surface area contributed by atoms with E-state index in [0.717, 1.165) is 21.6 Å². The average molecular weight is 2210 g/mol. The van der Waals surface area contributed by atoms with Gasteiger partial charge >= 0.3 is 48.4 Å². The number of nitrogens with two attached hydrogens (primary N) is 1. The molecule has 16 amide bonds. The minimum atomic E-state index is -3.88. The quantitative estimate of drug-likeness (QED) is 0.00829. The summed E-state index contributed by atoms with van der Waals surface area (Å²) in [6.07, 6.45) is -5.20. The first-order chi connectivity index (χ1) is 63.7. The predicted molar refractivity (Wildman–Crippen MR) is 585 cm³/mol. The van der Waals surface area contributed by atoms with Crippen LogP contribution in [0.3, 0.4) is 0 Å². The number of halogens is 6. The highest BCUT2D eigenvalue weighted by atomic mass is 32.2. The molecule has 0 aromatic heterocycles. The average Bonchev–Trinajstić information content (AvgIpc) is 0.839. The Labute approximate surface area is 893 Å². The second-order valence-electron chi connectivity index (χ2n) is 31.4. The number of hydrogen-bond acceptors (Lipinski definition) is 28. The van der Waals surface area contributed by atoms with Crippen molar-refractivity contribution in [2.45, 2.75) is 217 Å². The first kappa shape index (κ1) is 183. The number of aryl methyl sites for hydroxylation is 1. The topological polar surface area (TPSA) is 599 Å². The van der Waals surface area contributed by atoms with Crippen LogP contribution in [0.4, 0.5) is 64.7 Å². The smallest absolute Gasteiger partial charge is 0.408 e. The predicted octanol–water partition coefficient (Wildman–Crippen LogP) is 11.9. The number of nitro groups is 3. The third kappa shape index (κ3) is 89.6. The van der Waals surface area contributed by atoms with Crippen LogP contribution in [-0.4, -0.2) is 450 Å². The molecule has 0 saturated carbocycles. The summed E-state index contributed by atoms with van der Waals surface area (Å²) in [5.41, 5.74) is 7.97. The first-order valence-electron chi connectivity index (χ1n) is 41.8. The van der Waals surface area contributed by atoms with E-state index in [-0.39, 0.29) is 211 Å². The number of alkyl halides is 6. The number of ether oxygens (including phenoxy) is 2. The van der Waals surface area contributed by atoms with Crippen LogP contribution in [0.2, 0.25) is 0 Å². The van der Waals surface area contributed by atoms with Crippen LogP contribution in [-0.2, 0) is 56.2 Å². The van der Waals surface area contributed by atoms with Crippen molar-refractivity contribution in [3.63, 3.8) is 0 Å². The van der Waals surface area contributed by atoms with Gasteiger partial charge in [0.05, 0.1) is 42.8 Å². The highest BCUT2D eigenvalue weighted by Crippen LogP contribution is 2.15. The lowest BCUT2D eigenvalue weighted by Gasteiger charge is -2.30. The maximum atomic E-state index is 13.2. The number of rotatable bonds is 41. The molecule has 3 aromatic carbocycles. The number of urea groups is 6. The number of likely N-dealkylation sites (N-methyl/N-ethyl adjacent to an activating group) is 5. The number of nitrogens with zero attached hydrogens (tertiary/aromatic N) is 14. The van der Waals surface area contributed by atoms with Crippen molar-refractivity contribution < 1.29 is 143 Å². The van der Waals surface area contributed by atoms with Gasteiger partial charge in [0.2, 0.25) is 24.9 Å². The van der Waals surface area contributed by atoms with E-state index in [1.54, 1.807) is 107 Å². The molecule has 0 fully saturated rings. The fourth-order valence-corrected chi connectivity index (χ4v) is 10.8. The van der Waals surface area contributed by atoms with E-state index in [4.69, 9.17) is 35.3 Å². The molecular formula is C96H198F6N20O27S. The Morgan fingerprint density at radius 3 is 1.07 bits per heavy atom. The Bertz CT molecular complexity index is 4100. The number of hydrogen-bond donors (Lipinski definition) is 10. The van der Waals surface area contributed by atoms with Crippen molar-refractivity contribution in [2.75, 3.05) is 226 Å². The van der Waals surface area contributed by atoms with Crippen molar-refractivity contribution in [3.8, 4) is 0 Å². The first-order valence-corrected chi connectivity index (χ1v) is 43.2. The van der Waals surface area contributed by atoms with Gasteiger partial charge in [-0.25, -0.2) is 64.7 Å². The highest BCUT2D eigenvalue weighted by molar-refractivity contribution is 7.86. The van der Waals surface area contributed by atoms with E-state index in [2.05, 4.69) is 30.8 Å². The standard InChI is InChI=1S/C22H35FN4O5.C22H33FN4O5.C9H11NO5S.C8H16FN3O4.C8H18FN3O2.C6H13N3O3.C4H10N2O.C2H5FO.C2H3FO.13CH4.H2/c2*1-15(2)11-17(25-21(30)32-14-16-9-7-6-8-10-16)20(29)24-18(19(28)12-23)13-27(5)22(31)26(3)4;1-8-2-4-9(5-3-8)16(13,14)15-7-6-10(11)12;1-10(2)8(14)11(3)5-6(12(15)16)7(13)4-9;1-11(2)8(14)12(3)5-6(10)7(13)4-9;1-7(2)6(10)8(3)4-5-9(11)12;1-5-4(7)6(2)3;2*3-1-2-4;;;;;;;;;;;;;;/h6-10,15,17-19,28H,11-14H2,1-5H3,(H,24,29)(H,25,30);6-10,15,17-18H,11-14H2,1-5H3,(H,24,29)(H,25,30);2-5H,6-7H2,1H3;6-7,13H,4-5H2,1-3H3;6-7,13H,4-5,10H2,1-3H3;4-5H2,1-3H3;1-3H3,(H,5,7);4H,1-2H2;2H,1H2;13*1H4;1H/t17-,18?,19?;17-,18?;;;;;;;;;;;;;;;;;;;;;/m00...................../s1. The second-order valence-corrected chi connectivity index (χ2v) is 33.1. The minimum absolute atomic E-state index is 0. The molecule has 0 aliphatic carbocycles. The number of aliphatic hydroxyl groups is 4. The SMILES string of the molecule is C.C.C.C.C.C.C.C.C.C.C.C.C.CC(C)C[C@H](NC(=O)OCc1ccccc1)C(=O)NC(CN(C)C(=O)N(C)C)C(=O)CF.CC(C)C[C@H](NC(=O)OCc1ccccc1)C(=O)NC(CN(C)C(=O)N(C)C)C(O)CF.CN(C)C(=O)N(C)CC(C(O)CF)[N+](=O)[O-].CN(C)C(=O)N(C)CC(N)C(O)CF.CN(C)C(=O)N(C)CC[N+](=O)[O-].CNC(=O)N(C)C.Cc1ccc(S(=O)(=O)OCC[N+](=O)[O-])cc1.O=CCF.OCCF.[HH]. The summed E-state index contributed by atoms with van der Waals surface area (Å²) in [6, 6.07) is 15.9. The molecule has 3 rings (SSSR count). The maximum Gasteiger partial charge on any atom is 0.408 e. The van der Waals surface area contributed by atoms with E-state index >= 15 is 0 Å². The number of nitrogens with one attached hydrogen (secondary N) is 5. The molecule has 150 heavy (non-hydrogen) atoms. The lowest BCUT2D eigenvalue weighted by Crippen LogP contribution is -2.57. The van der Waals surface area contributed by atoms with Crippen LogP contribution in [0, 0.1) is 49.1 Å². The Morgan fingerprint density at radius 1 is 0.460 bits per heavy atom. The summed E-state index contributed by atoms with van der Waals surface area (Å²) in [6.45, 7) is 1.47. The zero-order valence-corrected chi connectivity index (χ0v) is 83.0. The zero-order chi connectivity index (χ0) is 107. The summed E-state index contributed by atoms with van der Waals surface area (Å²) < 4.78 is 109. The largest absolute Gasteiger partial charge is 0.445 e. The number of aldehydes is 1. The van der Waals surface area contributed by atoms with Crippen molar-refractivity contribution in [2.24, 2.45) is 17.6 Å². The molecule has 7 unspecified atom stereocenters. The molecule has 0 spiro atoms.